The van der Waals surface area contributed by atoms with E-state index in [1.54, 1.807) is 6.07 Å². The van der Waals surface area contributed by atoms with E-state index in [0.29, 0.717) is 5.56 Å². The topological polar surface area (TPSA) is 146 Å². The molecule has 0 unspecified atom stereocenters. The summed E-state index contributed by atoms with van der Waals surface area (Å²) in [5.74, 6) is -0.278. The zero-order valence-corrected chi connectivity index (χ0v) is 15.1. The maximum atomic E-state index is 11.9. The van der Waals surface area contributed by atoms with E-state index in [9.17, 15) is 14.9 Å². The van der Waals surface area contributed by atoms with E-state index in [1.165, 1.54) is 24.3 Å². The van der Waals surface area contributed by atoms with Gasteiger partial charge in [-0.3, -0.25) is 10.1 Å². The first-order chi connectivity index (χ1) is 14.0. The first kappa shape index (κ1) is 19.4. The van der Waals surface area contributed by atoms with Crippen LogP contribution in [-0.4, -0.2) is 25.8 Å². The summed E-state index contributed by atoms with van der Waals surface area (Å²) < 4.78 is 5.09. The van der Waals surface area contributed by atoms with E-state index in [4.69, 9.17) is 10.5 Å². The van der Waals surface area contributed by atoms with E-state index in [2.05, 4.69) is 20.3 Å². The van der Waals surface area contributed by atoms with Crippen LogP contribution in [0.15, 0.2) is 60.7 Å². The second-order valence-corrected chi connectivity index (χ2v) is 5.72. The number of carbonyl (C=O) groups is 1. The molecule has 10 nitrogen and oxygen atoms in total. The number of nitrogen functional groups attached to an aromatic ring is 1. The number of nitro benzene ring substituents is 1. The number of rotatable bonds is 7. The Morgan fingerprint density at radius 1 is 1.14 bits per heavy atom. The van der Waals surface area contributed by atoms with Gasteiger partial charge in [0.1, 0.15) is 0 Å². The smallest absolute Gasteiger partial charge is 0.331 e. The molecular weight excluding hydrogens is 376 g/mol. The lowest BCUT2D eigenvalue weighted by atomic mass is 10.2. The lowest BCUT2D eigenvalue weighted by molar-refractivity contribution is -0.384. The van der Waals surface area contributed by atoms with Crippen LogP contribution in [0.3, 0.4) is 0 Å². The number of nitrogens with one attached hydrogen (secondary N) is 1. The molecule has 0 radical (unpaired) electrons. The summed E-state index contributed by atoms with van der Waals surface area (Å²) in [6, 6.07) is 15.1. The molecule has 0 amide bonds. The third-order valence-corrected chi connectivity index (χ3v) is 3.57. The normalized spacial score (nSPS) is 10.6. The largest absolute Gasteiger partial charge is 0.454 e. The van der Waals surface area contributed by atoms with E-state index < -0.39 is 10.9 Å². The van der Waals surface area contributed by atoms with Crippen LogP contribution in [-0.2, 0) is 16.1 Å². The average molecular weight is 392 g/mol. The molecule has 0 aliphatic rings. The van der Waals surface area contributed by atoms with Crippen molar-refractivity contribution in [1.82, 2.24) is 15.0 Å². The molecule has 0 aliphatic carbocycles. The molecule has 0 atom stereocenters. The van der Waals surface area contributed by atoms with Crippen LogP contribution in [0.1, 0.15) is 11.4 Å². The summed E-state index contributed by atoms with van der Waals surface area (Å²) in [5.41, 5.74) is 6.87. The Labute approximate surface area is 165 Å². The van der Waals surface area contributed by atoms with Crippen LogP contribution in [0, 0.1) is 10.1 Å². The highest BCUT2D eigenvalue weighted by molar-refractivity contribution is 5.87. The number of nitrogens with two attached hydrogens (primary N) is 1. The Morgan fingerprint density at radius 3 is 2.69 bits per heavy atom. The molecule has 3 N–H and O–H groups in total. The summed E-state index contributed by atoms with van der Waals surface area (Å²) in [4.78, 5) is 34.3. The number of ether oxygens (including phenoxy) is 1. The number of para-hydroxylation sites is 1. The van der Waals surface area contributed by atoms with Gasteiger partial charge in [-0.1, -0.05) is 30.3 Å². The monoisotopic (exact) mass is 392 g/mol. The highest BCUT2D eigenvalue weighted by Crippen LogP contribution is 2.15. The van der Waals surface area contributed by atoms with Gasteiger partial charge in [-0.2, -0.15) is 15.0 Å². The van der Waals surface area contributed by atoms with Gasteiger partial charge in [0.15, 0.2) is 12.4 Å². The molecule has 3 rings (SSSR count). The van der Waals surface area contributed by atoms with Crippen molar-refractivity contribution in [3.63, 3.8) is 0 Å². The Bertz CT molecular complexity index is 1060. The quantitative estimate of drug-likeness (QED) is 0.268. The molecule has 0 saturated carbocycles. The van der Waals surface area contributed by atoms with Crippen molar-refractivity contribution in [2.45, 2.75) is 6.61 Å². The van der Waals surface area contributed by atoms with Crippen LogP contribution in [0.2, 0.25) is 0 Å². The Kier molecular flexibility index (Phi) is 6.05. The first-order valence-corrected chi connectivity index (χ1v) is 8.41. The van der Waals surface area contributed by atoms with Crippen molar-refractivity contribution in [3.05, 3.63) is 82.2 Å². The summed E-state index contributed by atoms with van der Waals surface area (Å²) in [5, 5.41) is 13.8. The number of esters is 1. The maximum Gasteiger partial charge on any atom is 0.331 e. The molecular formula is C19H16N6O4. The SMILES string of the molecule is Nc1nc(COC(=O)/C=C/c2cccc([N+](=O)[O-])c2)nc(Nc2ccccc2)n1. The Hall–Kier alpha value is -4.34. The second-order valence-electron chi connectivity index (χ2n) is 5.72. The molecule has 1 heterocycles. The molecule has 0 saturated heterocycles. The highest BCUT2D eigenvalue weighted by Gasteiger charge is 2.08. The van der Waals surface area contributed by atoms with Crippen LogP contribution in [0.25, 0.3) is 6.08 Å². The molecule has 0 aliphatic heterocycles. The van der Waals surface area contributed by atoms with Crippen molar-refractivity contribution >= 4 is 35.3 Å². The van der Waals surface area contributed by atoms with Crippen LogP contribution in [0.4, 0.5) is 23.3 Å². The third-order valence-electron chi connectivity index (χ3n) is 3.57. The number of carbonyl (C=O) groups excluding carboxylic acids is 1. The minimum atomic E-state index is -0.659. The molecule has 0 bridgehead atoms. The number of nitro groups is 1. The van der Waals surface area contributed by atoms with Gasteiger partial charge < -0.3 is 15.8 Å². The first-order valence-electron chi connectivity index (χ1n) is 8.41. The standard InChI is InChI=1S/C19H16N6O4/c20-18-22-16(23-19(24-18)21-14-6-2-1-3-7-14)12-29-17(26)10-9-13-5-4-8-15(11-13)25(27)28/h1-11H,12H2,(H3,20,21,22,23,24)/b10-9+. The van der Waals surface area contributed by atoms with Crippen LogP contribution >= 0.6 is 0 Å². The fourth-order valence-corrected chi connectivity index (χ4v) is 2.30. The summed E-state index contributed by atoms with van der Waals surface area (Å²) in [7, 11) is 0. The predicted octanol–water partition coefficient (Wildman–Crippen LogP) is 2.86. The Balaban J connectivity index is 1.61. The number of non-ortho nitro benzene ring substituents is 1. The fourth-order valence-electron chi connectivity index (χ4n) is 2.30. The van der Waals surface area contributed by atoms with Crippen molar-refractivity contribution in [3.8, 4) is 0 Å². The second kappa shape index (κ2) is 9.04. The number of benzene rings is 2. The molecule has 146 valence electrons. The summed E-state index contributed by atoms with van der Waals surface area (Å²) in [6.45, 7) is -0.214. The van der Waals surface area contributed by atoms with Gasteiger partial charge in [0.05, 0.1) is 4.92 Å². The minimum absolute atomic E-state index is 0.0170. The Morgan fingerprint density at radius 2 is 1.93 bits per heavy atom. The van der Waals surface area contributed by atoms with Gasteiger partial charge in [-0.05, 0) is 23.8 Å². The van der Waals surface area contributed by atoms with Gasteiger partial charge in [0, 0.05) is 23.9 Å². The van der Waals surface area contributed by atoms with Crippen molar-refractivity contribution in [1.29, 1.82) is 0 Å². The molecule has 29 heavy (non-hydrogen) atoms. The van der Waals surface area contributed by atoms with Crippen molar-refractivity contribution < 1.29 is 14.5 Å². The van der Waals surface area contributed by atoms with Crippen molar-refractivity contribution in [2.24, 2.45) is 0 Å². The maximum absolute atomic E-state index is 11.9. The summed E-state index contributed by atoms with van der Waals surface area (Å²) >= 11 is 0. The number of hydrogen-bond donors (Lipinski definition) is 2. The van der Waals surface area contributed by atoms with E-state index in [1.807, 2.05) is 30.3 Å². The molecule has 1 aromatic heterocycles. The minimum Gasteiger partial charge on any atom is -0.454 e. The van der Waals surface area contributed by atoms with Crippen LogP contribution < -0.4 is 11.1 Å². The molecule has 10 heteroatoms. The van der Waals surface area contributed by atoms with Gasteiger partial charge in [-0.25, -0.2) is 4.79 Å². The van der Waals surface area contributed by atoms with Gasteiger partial charge in [0.25, 0.3) is 5.69 Å². The molecule has 3 aromatic rings. The van der Waals surface area contributed by atoms with Crippen molar-refractivity contribution in [2.75, 3.05) is 11.1 Å². The van der Waals surface area contributed by atoms with Gasteiger partial charge >= 0.3 is 5.97 Å². The number of aromatic nitrogens is 3. The molecule has 0 spiro atoms. The third kappa shape index (κ3) is 5.82. The van der Waals surface area contributed by atoms with Gasteiger partial charge in [0.2, 0.25) is 11.9 Å². The lowest BCUT2D eigenvalue weighted by Gasteiger charge is -2.07. The fraction of sp³-hybridized carbons (Fsp3) is 0.0526. The summed E-state index contributed by atoms with van der Waals surface area (Å²) in [6.07, 6.45) is 2.58. The van der Waals surface area contributed by atoms with E-state index in [0.717, 1.165) is 11.8 Å². The molecule has 0 fully saturated rings. The lowest BCUT2D eigenvalue weighted by Crippen LogP contribution is -2.10. The predicted molar refractivity (Wildman–Crippen MR) is 106 cm³/mol. The molecule has 2 aromatic carbocycles. The number of nitrogens with zero attached hydrogens (tertiary/aromatic N) is 4. The van der Waals surface area contributed by atoms with Gasteiger partial charge in [-0.15, -0.1) is 0 Å². The van der Waals surface area contributed by atoms with E-state index in [-0.39, 0.29) is 30.0 Å². The number of anilines is 3. The zero-order chi connectivity index (χ0) is 20.6. The van der Waals surface area contributed by atoms with Crippen LogP contribution in [0.5, 0.6) is 0 Å². The zero-order valence-electron chi connectivity index (χ0n) is 15.1. The average Bonchev–Trinajstić information content (AvgIpc) is 2.71. The number of hydrogen-bond acceptors (Lipinski definition) is 9. The highest BCUT2D eigenvalue weighted by atomic mass is 16.6. The van der Waals surface area contributed by atoms with E-state index >= 15 is 0 Å².